The first-order valence-electron chi connectivity index (χ1n) is 15.2. The van der Waals surface area contributed by atoms with E-state index in [0.29, 0.717) is 12.8 Å². The molecule has 13 heteroatoms. The van der Waals surface area contributed by atoms with Gasteiger partial charge < -0.3 is 19.9 Å². The van der Waals surface area contributed by atoms with Gasteiger partial charge in [-0.1, -0.05) is 42.5 Å². The van der Waals surface area contributed by atoms with Crippen molar-refractivity contribution in [2.24, 2.45) is 0 Å². The smallest absolute Gasteiger partial charge is 0.444 e. The van der Waals surface area contributed by atoms with Gasteiger partial charge in [-0.25, -0.2) is 4.79 Å². The predicted octanol–water partition coefficient (Wildman–Crippen LogP) is 5.20. The molecule has 1 saturated heterocycles. The van der Waals surface area contributed by atoms with Gasteiger partial charge in [-0.05, 0) is 92.8 Å². The van der Waals surface area contributed by atoms with Crippen molar-refractivity contribution in [3.8, 4) is 0 Å². The van der Waals surface area contributed by atoms with Gasteiger partial charge in [0.05, 0.1) is 0 Å². The van der Waals surface area contributed by atoms with Gasteiger partial charge in [0.15, 0.2) is 0 Å². The normalized spacial score (nSPS) is 16.4. The Balaban J connectivity index is 1.82. The third-order valence-electron chi connectivity index (χ3n) is 7.74. The van der Waals surface area contributed by atoms with Gasteiger partial charge in [0.2, 0.25) is 11.8 Å². The number of carbonyl (C=O) groups excluding carboxylic acids is 4. The second-order valence-corrected chi connectivity index (χ2v) is 13.7. The van der Waals surface area contributed by atoms with E-state index in [1.165, 1.54) is 18.9 Å². The number of amides is 4. The summed E-state index contributed by atoms with van der Waals surface area (Å²) in [5, 5.41) is 2.78. The second kappa shape index (κ2) is 16.0. The first-order valence-corrected chi connectivity index (χ1v) is 16.2. The molecule has 0 spiro atoms. The van der Waals surface area contributed by atoms with E-state index >= 15 is 0 Å². The third kappa shape index (κ3) is 10.9. The summed E-state index contributed by atoms with van der Waals surface area (Å²) in [6.07, 6.45) is -4.50. The predicted molar refractivity (Wildman–Crippen MR) is 176 cm³/mol. The summed E-state index contributed by atoms with van der Waals surface area (Å²) in [6, 6.07) is 13.6. The van der Waals surface area contributed by atoms with Crippen molar-refractivity contribution < 1.29 is 37.1 Å². The molecule has 1 aliphatic heterocycles. The lowest BCUT2D eigenvalue weighted by molar-refractivity contribution is -0.186. The van der Waals surface area contributed by atoms with Gasteiger partial charge in [0.1, 0.15) is 17.7 Å². The lowest BCUT2D eigenvalue weighted by atomic mass is 10.0. The zero-order valence-electron chi connectivity index (χ0n) is 26.8. The number of alkyl halides is 3. The molecule has 3 atom stereocenters. The molecular formula is C33H42F3IN4O5. The zero-order valence-corrected chi connectivity index (χ0v) is 28.9. The van der Waals surface area contributed by atoms with Crippen LogP contribution in [-0.4, -0.2) is 95.1 Å². The maximum absolute atomic E-state index is 14.1. The van der Waals surface area contributed by atoms with E-state index in [2.05, 4.69) is 27.9 Å². The van der Waals surface area contributed by atoms with E-state index in [4.69, 9.17) is 4.74 Å². The number of hydrogen-bond donors (Lipinski definition) is 1. The van der Waals surface area contributed by atoms with Gasteiger partial charge in [-0.3, -0.25) is 19.3 Å². The van der Waals surface area contributed by atoms with Crippen LogP contribution in [-0.2, 0) is 32.0 Å². The minimum atomic E-state index is -5.07. The number of hydrogen-bond acceptors (Lipinski definition) is 5. The molecule has 46 heavy (non-hydrogen) atoms. The van der Waals surface area contributed by atoms with E-state index in [0.717, 1.165) is 24.5 Å². The van der Waals surface area contributed by atoms with Crippen LogP contribution in [0.5, 0.6) is 0 Å². The molecule has 2 aromatic rings. The molecule has 0 unspecified atom stereocenters. The van der Waals surface area contributed by atoms with Gasteiger partial charge in [-0.2, -0.15) is 13.2 Å². The topological polar surface area (TPSA) is 99.3 Å². The molecular weight excluding hydrogens is 716 g/mol. The van der Waals surface area contributed by atoms with Crippen molar-refractivity contribution in [1.82, 2.24) is 20.0 Å². The summed E-state index contributed by atoms with van der Waals surface area (Å²) in [4.78, 5) is 55.9. The van der Waals surface area contributed by atoms with Gasteiger partial charge in [0.25, 0.3) is 0 Å². The van der Waals surface area contributed by atoms with Crippen LogP contribution < -0.4 is 5.32 Å². The van der Waals surface area contributed by atoms with Crippen molar-refractivity contribution in [3.05, 3.63) is 69.3 Å². The standard InChI is InChI=1S/C33H42F3IN4O5/c1-22(39(5)31(45)46-32(2,3)4)28(42)38-27(20-24-13-15-25(37)16-14-24)29(43)41-18-9-12-26(41)21-40(30(44)33(34,35)36)19-17-23-10-7-6-8-11-23/h6-8,10-11,13-16,22,26-27H,9,12,17-21H2,1-5H3,(H,38,42)/t22-,26-,27-/m0/s1. The molecule has 0 bridgehead atoms. The van der Waals surface area contributed by atoms with Crippen molar-refractivity contribution in [1.29, 1.82) is 0 Å². The van der Waals surface area contributed by atoms with E-state index in [-0.39, 0.29) is 32.5 Å². The fraction of sp³-hybridized carbons (Fsp3) is 0.515. The first-order chi connectivity index (χ1) is 21.5. The Morgan fingerprint density at radius 2 is 1.65 bits per heavy atom. The molecule has 3 rings (SSSR count). The Kier molecular flexibility index (Phi) is 12.9. The number of carbonyl (C=O) groups is 4. The summed E-state index contributed by atoms with van der Waals surface area (Å²) in [5.74, 6) is -3.01. The largest absolute Gasteiger partial charge is 0.471 e. The summed E-state index contributed by atoms with van der Waals surface area (Å²) in [5.41, 5.74) is 0.769. The van der Waals surface area contributed by atoms with Gasteiger partial charge in [0, 0.05) is 42.7 Å². The summed E-state index contributed by atoms with van der Waals surface area (Å²) < 4.78 is 47.2. The second-order valence-electron chi connectivity index (χ2n) is 12.5. The van der Waals surface area contributed by atoms with E-state index < -0.39 is 53.7 Å². The summed E-state index contributed by atoms with van der Waals surface area (Å²) in [6.45, 7) is 6.43. The summed E-state index contributed by atoms with van der Waals surface area (Å²) in [7, 11) is 1.42. The minimum Gasteiger partial charge on any atom is -0.444 e. The molecule has 252 valence electrons. The van der Waals surface area contributed by atoms with Crippen LogP contribution in [0.1, 0.15) is 51.7 Å². The van der Waals surface area contributed by atoms with Crippen molar-refractivity contribution in [3.63, 3.8) is 0 Å². The van der Waals surface area contributed by atoms with E-state index in [1.54, 1.807) is 51.1 Å². The molecule has 0 aromatic heterocycles. The molecule has 2 aromatic carbocycles. The van der Waals surface area contributed by atoms with Crippen LogP contribution in [0.2, 0.25) is 0 Å². The highest BCUT2D eigenvalue weighted by Crippen LogP contribution is 2.25. The zero-order chi connectivity index (χ0) is 34.2. The number of halogens is 4. The average molecular weight is 759 g/mol. The lowest BCUT2D eigenvalue weighted by Crippen LogP contribution is -2.57. The molecule has 0 aliphatic carbocycles. The van der Waals surface area contributed by atoms with Crippen LogP contribution >= 0.6 is 22.6 Å². The highest BCUT2D eigenvalue weighted by molar-refractivity contribution is 14.1. The maximum Gasteiger partial charge on any atom is 0.471 e. The molecule has 0 saturated carbocycles. The molecule has 1 aliphatic rings. The van der Waals surface area contributed by atoms with E-state index in [1.807, 2.05) is 24.3 Å². The Morgan fingerprint density at radius 1 is 1.02 bits per heavy atom. The fourth-order valence-electron chi connectivity index (χ4n) is 5.15. The molecule has 4 amide bonds. The van der Waals surface area contributed by atoms with Crippen LogP contribution in [0.15, 0.2) is 54.6 Å². The van der Waals surface area contributed by atoms with E-state index in [9.17, 15) is 32.3 Å². The Bertz CT molecular complexity index is 1350. The fourth-order valence-corrected chi connectivity index (χ4v) is 5.51. The first kappa shape index (κ1) is 37.1. The number of nitrogens with zero attached hydrogens (tertiary/aromatic N) is 3. The van der Waals surface area contributed by atoms with Crippen LogP contribution in [0.4, 0.5) is 18.0 Å². The van der Waals surface area contributed by atoms with Crippen molar-refractivity contribution >= 4 is 46.4 Å². The molecule has 1 N–H and O–H groups in total. The number of likely N-dealkylation sites (tertiary alicyclic amines) is 1. The molecule has 1 fully saturated rings. The third-order valence-corrected chi connectivity index (χ3v) is 8.46. The summed E-state index contributed by atoms with van der Waals surface area (Å²) >= 11 is 2.15. The quantitative estimate of drug-likeness (QED) is 0.318. The number of nitrogens with one attached hydrogen (secondary N) is 1. The highest BCUT2D eigenvalue weighted by atomic mass is 127. The Labute approximate surface area is 281 Å². The molecule has 1 heterocycles. The van der Waals surface area contributed by atoms with Crippen LogP contribution in [0, 0.1) is 3.57 Å². The number of rotatable bonds is 11. The Morgan fingerprint density at radius 3 is 2.24 bits per heavy atom. The SMILES string of the molecule is C[C@@H](C(=O)N[C@@H](Cc1ccc(I)cc1)C(=O)N1CCC[C@H]1CN(CCc1ccccc1)C(=O)C(F)(F)F)N(C)C(=O)OC(C)(C)C. The average Bonchev–Trinajstić information content (AvgIpc) is 3.45. The molecule has 0 radical (unpaired) electrons. The lowest BCUT2D eigenvalue weighted by Gasteiger charge is -2.34. The maximum atomic E-state index is 14.1. The van der Waals surface area contributed by atoms with Gasteiger partial charge in [-0.15, -0.1) is 0 Å². The molecule has 9 nitrogen and oxygen atoms in total. The Hall–Kier alpha value is -3.36. The van der Waals surface area contributed by atoms with Crippen molar-refractivity contribution in [2.45, 2.75) is 83.3 Å². The van der Waals surface area contributed by atoms with Crippen LogP contribution in [0.3, 0.4) is 0 Å². The van der Waals surface area contributed by atoms with Gasteiger partial charge >= 0.3 is 18.2 Å². The van der Waals surface area contributed by atoms with Crippen molar-refractivity contribution in [2.75, 3.05) is 26.7 Å². The number of benzene rings is 2. The number of ether oxygens (including phenoxy) is 1. The monoisotopic (exact) mass is 758 g/mol. The number of likely N-dealkylation sites (N-methyl/N-ethyl adjacent to an activating group) is 1. The minimum absolute atomic E-state index is 0.118. The van der Waals surface area contributed by atoms with Crippen LogP contribution in [0.25, 0.3) is 0 Å². The highest BCUT2D eigenvalue weighted by Gasteiger charge is 2.44.